The highest BCUT2D eigenvalue weighted by Crippen LogP contribution is 2.45. The van der Waals surface area contributed by atoms with Crippen molar-refractivity contribution >= 4 is 56.1 Å². The zero-order chi connectivity index (χ0) is 18.6. The predicted octanol–water partition coefficient (Wildman–Crippen LogP) is 4.80. The maximum Gasteiger partial charge on any atom is 0.264 e. The Morgan fingerprint density at radius 3 is 2.63 bits per heavy atom. The van der Waals surface area contributed by atoms with Gasteiger partial charge in [0.1, 0.15) is 11.5 Å². The summed E-state index contributed by atoms with van der Waals surface area (Å²) in [6.45, 7) is -0.0501. The van der Waals surface area contributed by atoms with Crippen LogP contribution < -0.4 is 14.8 Å². The van der Waals surface area contributed by atoms with E-state index in [9.17, 15) is 4.79 Å². The number of fused-ring (bicyclic) bond motifs is 1. The van der Waals surface area contributed by atoms with Gasteiger partial charge in [0.15, 0.2) is 11.7 Å². The van der Waals surface area contributed by atoms with Gasteiger partial charge in [-0.25, -0.2) is 4.98 Å². The van der Waals surface area contributed by atoms with Crippen LogP contribution in [-0.4, -0.2) is 36.1 Å². The van der Waals surface area contributed by atoms with Crippen LogP contribution in [-0.2, 0) is 4.79 Å². The molecule has 0 radical (unpaired) electrons. The third-order valence-corrected chi connectivity index (χ3v) is 8.02. The lowest BCUT2D eigenvalue weighted by Gasteiger charge is -2.10. The van der Waals surface area contributed by atoms with Gasteiger partial charge < -0.3 is 9.47 Å². The highest BCUT2D eigenvalue weighted by atomic mass is 32.2. The quantitative estimate of drug-likeness (QED) is 0.620. The Morgan fingerprint density at radius 2 is 1.89 bits per heavy atom. The van der Waals surface area contributed by atoms with Crippen molar-refractivity contribution < 1.29 is 14.3 Å². The SMILES string of the molecule is COc1ccc2nc(NC(=O)COc3ccc(C4SCCS4)cc3)sc2c1. The predicted molar refractivity (Wildman–Crippen MR) is 114 cm³/mol. The first-order valence-electron chi connectivity index (χ1n) is 8.42. The number of anilines is 1. The fourth-order valence-electron chi connectivity index (χ4n) is 2.66. The molecule has 1 aliphatic rings. The third-order valence-electron chi connectivity index (χ3n) is 3.99. The van der Waals surface area contributed by atoms with E-state index < -0.39 is 0 Å². The van der Waals surface area contributed by atoms with Crippen LogP contribution in [0.5, 0.6) is 11.5 Å². The minimum Gasteiger partial charge on any atom is -0.497 e. The summed E-state index contributed by atoms with van der Waals surface area (Å²) in [7, 11) is 1.63. The second-order valence-corrected chi connectivity index (χ2v) is 9.59. The number of hydrogen-bond donors (Lipinski definition) is 1. The Kier molecular flexibility index (Phi) is 5.75. The minimum absolute atomic E-state index is 0.0501. The van der Waals surface area contributed by atoms with Crippen molar-refractivity contribution in [3.8, 4) is 11.5 Å². The molecule has 3 aromatic rings. The van der Waals surface area contributed by atoms with Crippen LogP contribution in [0.2, 0.25) is 0 Å². The van der Waals surface area contributed by atoms with Crippen molar-refractivity contribution in [1.29, 1.82) is 0 Å². The number of ether oxygens (including phenoxy) is 2. The average molecular weight is 419 g/mol. The molecule has 8 heteroatoms. The van der Waals surface area contributed by atoms with Crippen LogP contribution in [0.1, 0.15) is 10.1 Å². The Labute approximate surface area is 169 Å². The van der Waals surface area contributed by atoms with E-state index in [1.54, 1.807) is 7.11 Å². The molecule has 1 aliphatic heterocycles. The van der Waals surface area contributed by atoms with E-state index >= 15 is 0 Å². The van der Waals surface area contributed by atoms with Gasteiger partial charge in [0.2, 0.25) is 0 Å². The number of methoxy groups -OCH3 is 1. The topological polar surface area (TPSA) is 60.5 Å². The first-order chi connectivity index (χ1) is 13.2. The second kappa shape index (κ2) is 8.41. The number of benzene rings is 2. The summed E-state index contributed by atoms with van der Waals surface area (Å²) in [6, 6.07) is 13.6. The molecule has 1 saturated heterocycles. The molecule has 4 rings (SSSR count). The highest BCUT2D eigenvalue weighted by molar-refractivity contribution is 8.19. The van der Waals surface area contributed by atoms with Gasteiger partial charge in [-0.1, -0.05) is 23.5 Å². The molecule has 1 amide bonds. The molecule has 1 N–H and O–H groups in total. The Morgan fingerprint density at radius 1 is 1.15 bits per heavy atom. The smallest absolute Gasteiger partial charge is 0.264 e. The summed E-state index contributed by atoms with van der Waals surface area (Å²) < 4.78 is 12.3. The van der Waals surface area contributed by atoms with Gasteiger partial charge in [-0.3, -0.25) is 10.1 Å². The molecular weight excluding hydrogens is 400 g/mol. The lowest BCUT2D eigenvalue weighted by Crippen LogP contribution is -2.19. The van der Waals surface area contributed by atoms with Gasteiger partial charge in [0, 0.05) is 11.5 Å². The molecular formula is C19H18N2O3S3. The fourth-order valence-corrected chi connectivity index (χ4v) is 6.43. The van der Waals surface area contributed by atoms with Crippen molar-refractivity contribution in [2.75, 3.05) is 30.5 Å². The number of nitrogens with zero attached hydrogens (tertiary/aromatic N) is 1. The Balaban J connectivity index is 1.32. The number of aromatic nitrogens is 1. The molecule has 2 aromatic carbocycles. The Hall–Kier alpha value is -1.90. The summed E-state index contributed by atoms with van der Waals surface area (Å²) in [4.78, 5) is 16.6. The molecule has 0 bridgehead atoms. The van der Waals surface area contributed by atoms with Gasteiger partial charge >= 0.3 is 0 Å². The van der Waals surface area contributed by atoms with Gasteiger partial charge in [-0.2, -0.15) is 0 Å². The first kappa shape index (κ1) is 18.5. The normalized spacial score (nSPS) is 14.4. The van der Waals surface area contributed by atoms with Crippen molar-refractivity contribution in [3.05, 3.63) is 48.0 Å². The maximum absolute atomic E-state index is 12.2. The van der Waals surface area contributed by atoms with Crippen LogP contribution in [0.15, 0.2) is 42.5 Å². The van der Waals surface area contributed by atoms with Crippen molar-refractivity contribution in [3.63, 3.8) is 0 Å². The van der Waals surface area contributed by atoms with E-state index in [4.69, 9.17) is 9.47 Å². The second-order valence-electron chi connectivity index (χ2n) is 5.83. The molecule has 0 saturated carbocycles. The summed E-state index contributed by atoms with van der Waals surface area (Å²) >= 11 is 5.35. The van der Waals surface area contributed by atoms with Crippen molar-refractivity contribution in [2.45, 2.75) is 4.58 Å². The minimum atomic E-state index is -0.230. The maximum atomic E-state index is 12.2. The molecule has 0 atom stereocenters. The monoisotopic (exact) mass is 418 g/mol. The van der Waals surface area contributed by atoms with E-state index in [1.807, 2.05) is 53.9 Å². The molecule has 0 spiro atoms. The van der Waals surface area contributed by atoms with Crippen molar-refractivity contribution in [2.24, 2.45) is 0 Å². The van der Waals surface area contributed by atoms with E-state index in [1.165, 1.54) is 28.4 Å². The Bertz CT molecular complexity index is 937. The van der Waals surface area contributed by atoms with Crippen LogP contribution in [0, 0.1) is 0 Å². The molecule has 2 heterocycles. The van der Waals surface area contributed by atoms with E-state index in [-0.39, 0.29) is 12.5 Å². The largest absolute Gasteiger partial charge is 0.497 e. The number of thioether (sulfide) groups is 2. The molecule has 5 nitrogen and oxygen atoms in total. The van der Waals surface area contributed by atoms with Gasteiger partial charge in [-0.05, 0) is 35.9 Å². The number of amides is 1. The number of thiazole rings is 1. The van der Waals surface area contributed by atoms with Crippen LogP contribution in [0.25, 0.3) is 10.2 Å². The fraction of sp³-hybridized carbons (Fsp3) is 0.263. The molecule has 0 unspecified atom stereocenters. The van der Waals surface area contributed by atoms with Crippen molar-refractivity contribution in [1.82, 2.24) is 4.98 Å². The lowest BCUT2D eigenvalue weighted by molar-refractivity contribution is -0.118. The molecule has 140 valence electrons. The number of nitrogens with one attached hydrogen (secondary N) is 1. The molecule has 27 heavy (non-hydrogen) atoms. The standard InChI is InChI=1S/C19H18N2O3S3/c1-23-14-6-7-15-16(10-14)27-19(20-15)21-17(22)11-24-13-4-2-12(3-5-13)18-25-8-9-26-18/h2-7,10,18H,8-9,11H2,1H3,(H,20,21,22). The first-order valence-corrected chi connectivity index (χ1v) is 11.3. The van der Waals surface area contributed by atoms with Gasteiger partial charge in [0.05, 0.1) is 21.9 Å². The van der Waals surface area contributed by atoms with Crippen LogP contribution in [0.3, 0.4) is 0 Å². The van der Waals surface area contributed by atoms with E-state index in [2.05, 4.69) is 22.4 Å². The average Bonchev–Trinajstić information content (AvgIpc) is 3.35. The zero-order valence-electron chi connectivity index (χ0n) is 14.6. The van der Waals surface area contributed by atoms with Crippen LogP contribution >= 0.6 is 34.9 Å². The van der Waals surface area contributed by atoms with E-state index in [0.29, 0.717) is 15.5 Å². The highest BCUT2D eigenvalue weighted by Gasteiger charge is 2.18. The summed E-state index contributed by atoms with van der Waals surface area (Å²) in [5.41, 5.74) is 2.12. The molecule has 0 aliphatic carbocycles. The summed E-state index contributed by atoms with van der Waals surface area (Å²) in [6.07, 6.45) is 0. The number of hydrogen-bond acceptors (Lipinski definition) is 7. The van der Waals surface area contributed by atoms with Gasteiger partial charge in [-0.15, -0.1) is 23.5 Å². The zero-order valence-corrected chi connectivity index (χ0v) is 17.1. The molecule has 1 fully saturated rings. The number of rotatable bonds is 6. The number of carbonyl (C=O) groups is 1. The lowest BCUT2D eigenvalue weighted by atomic mass is 10.2. The molecule has 1 aromatic heterocycles. The summed E-state index contributed by atoms with van der Waals surface area (Å²) in [5, 5.41) is 3.34. The van der Waals surface area contributed by atoms with E-state index in [0.717, 1.165) is 16.0 Å². The third kappa shape index (κ3) is 4.51. The number of carbonyl (C=O) groups excluding carboxylic acids is 1. The van der Waals surface area contributed by atoms with Crippen LogP contribution in [0.4, 0.5) is 5.13 Å². The summed E-state index contributed by atoms with van der Waals surface area (Å²) in [5.74, 6) is 3.63. The van der Waals surface area contributed by atoms with Gasteiger partial charge in [0.25, 0.3) is 5.91 Å².